The Hall–Kier alpha value is -2.99. The summed E-state index contributed by atoms with van der Waals surface area (Å²) in [4.78, 5) is 12.1. The Morgan fingerprint density at radius 3 is 2.68 bits per heavy atom. The van der Waals surface area contributed by atoms with Gasteiger partial charge in [0.25, 0.3) is 5.91 Å². The van der Waals surface area contributed by atoms with E-state index >= 15 is 0 Å². The van der Waals surface area contributed by atoms with E-state index < -0.39 is 0 Å². The highest BCUT2D eigenvalue weighted by Crippen LogP contribution is 2.22. The number of hydrogen-bond acceptors (Lipinski definition) is 3. The van der Waals surface area contributed by atoms with Crippen molar-refractivity contribution >= 4 is 5.91 Å². The molecule has 0 unspecified atom stereocenters. The summed E-state index contributed by atoms with van der Waals surface area (Å²) in [7, 11) is 0. The van der Waals surface area contributed by atoms with Crippen LogP contribution >= 0.6 is 0 Å². The lowest BCUT2D eigenvalue weighted by molar-refractivity contribution is 0.0900. The second-order valence-electron chi connectivity index (χ2n) is 5.96. The Labute approximate surface area is 144 Å². The molecular weight excluding hydrogens is 319 g/mol. The fourth-order valence-electron chi connectivity index (χ4n) is 2.91. The van der Waals surface area contributed by atoms with Gasteiger partial charge in [-0.1, -0.05) is 42.5 Å². The highest BCUT2D eigenvalue weighted by Gasteiger charge is 2.27. The normalized spacial score (nSPS) is 16.4. The molecule has 2 heterocycles. The third-order valence-corrected chi connectivity index (χ3v) is 4.24. The van der Waals surface area contributed by atoms with Gasteiger partial charge in [-0.15, -0.1) is 0 Å². The summed E-state index contributed by atoms with van der Waals surface area (Å²) >= 11 is 0. The van der Waals surface area contributed by atoms with Gasteiger partial charge in [0, 0.05) is 12.1 Å². The molecule has 0 saturated carbocycles. The van der Waals surface area contributed by atoms with E-state index in [9.17, 15) is 9.18 Å². The molecule has 0 bridgehead atoms. The number of carbonyl (C=O) groups is 1. The number of nitrogens with zero attached hydrogens (tertiary/aromatic N) is 2. The minimum atomic E-state index is -0.254. The average Bonchev–Trinajstić information content (AvgIpc) is 3.10. The highest BCUT2D eigenvalue weighted by molar-refractivity contribution is 5.94. The largest absolute Gasteiger partial charge is 0.347 e. The molecular formula is C19H17FN4O. The smallest absolute Gasteiger partial charge is 0.269 e. The van der Waals surface area contributed by atoms with Crippen molar-refractivity contribution in [2.75, 3.05) is 6.54 Å². The topological polar surface area (TPSA) is 59.0 Å². The van der Waals surface area contributed by atoms with Crippen molar-refractivity contribution in [3.63, 3.8) is 0 Å². The minimum absolute atomic E-state index is 0.130. The van der Waals surface area contributed by atoms with E-state index in [1.165, 1.54) is 12.1 Å². The van der Waals surface area contributed by atoms with Crippen molar-refractivity contribution in [1.29, 1.82) is 0 Å². The standard InChI is InChI=1S/C19H17FN4O/c20-15-8-6-13(7-9-15)11-21-18-12-22-19(25)17-10-16(23-24(17)18)14-4-2-1-3-5-14/h1-10,18,21H,11-12H2,(H,22,25)/t18-/m0/s1. The van der Waals surface area contributed by atoms with Crippen LogP contribution in [0.25, 0.3) is 11.3 Å². The van der Waals surface area contributed by atoms with Crippen LogP contribution in [0.3, 0.4) is 0 Å². The van der Waals surface area contributed by atoms with Crippen molar-refractivity contribution in [2.45, 2.75) is 12.7 Å². The Balaban J connectivity index is 1.57. The molecule has 0 aliphatic carbocycles. The summed E-state index contributed by atoms with van der Waals surface area (Å²) < 4.78 is 14.7. The van der Waals surface area contributed by atoms with Gasteiger partial charge < -0.3 is 5.32 Å². The fourth-order valence-corrected chi connectivity index (χ4v) is 2.91. The van der Waals surface area contributed by atoms with Gasteiger partial charge in [0.05, 0.1) is 12.2 Å². The number of amides is 1. The van der Waals surface area contributed by atoms with E-state index in [1.54, 1.807) is 22.9 Å². The lowest BCUT2D eigenvalue weighted by Crippen LogP contribution is -2.45. The van der Waals surface area contributed by atoms with Crippen LogP contribution in [0.15, 0.2) is 60.7 Å². The molecule has 1 amide bonds. The molecule has 2 N–H and O–H groups in total. The summed E-state index contributed by atoms with van der Waals surface area (Å²) in [6.45, 7) is 1.00. The first-order chi connectivity index (χ1) is 12.2. The molecule has 5 nitrogen and oxygen atoms in total. The van der Waals surface area contributed by atoms with Crippen LogP contribution in [0.2, 0.25) is 0 Å². The highest BCUT2D eigenvalue weighted by atomic mass is 19.1. The maximum absolute atomic E-state index is 13.0. The Morgan fingerprint density at radius 2 is 1.92 bits per heavy atom. The molecule has 0 fully saturated rings. The zero-order valence-electron chi connectivity index (χ0n) is 13.4. The molecule has 0 spiro atoms. The third-order valence-electron chi connectivity index (χ3n) is 4.24. The van der Waals surface area contributed by atoms with Gasteiger partial charge in [-0.3, -0.25) is 10.1 Å². The van der Waals surface area contributed by atoms with Crippen LogP contribution in [0.4, 0.5) is 4.39 Å². The van der Waals surface area contributed by atoms with Crippen molar-refractivity contribution in [1.82, 2.24) is 20.4 Å². The number of halogens is 1. The number of fused-ring (bicyclic) bond motifs is 1. The number of nitrogens with one attached hydrogen (secondary N) is 2. The lowest BCUT2D eigenvalue weighted by Gasteiger charge is -2.25. The van der Waals surface area contributed by atoms with Crippen LogP contribution in [-0.4, -0.2) is 22.2 Å². The predicted octanol–water partition coefficient (Wildman–Crippen LogP) is 2.72. The average molecular weight is 336 g/mol. The van der Waals surface area contributed by atoms with Crippen LogP contribution in [0.1, 0.15) is 22.2 Å². The van der Waals surface area contributed by atoms with Crippen LogP contribution in [0, 0.1) is 5.82 Å². The van der Waals surface area contributed by atoms with E-state index in [-0.39, 0.29) is 17.9 Å². The Kier molecular flexibility index (Phi) is 4.03. The van der Waals surface area contributed by atoms with Crippen LogP contribution < -0.4 is 10.6 Å². The molecule has 1 aromatic heterocycles. The number of hydrogen-bond donors (Lipinski definition) is 2. The summed E-state index contributed by atoms with van der Waals surface area (Å²) in [6.07, 6.45) is -0.157. The summed E-state index contributed by atoms with van der Waals surface area (Å²) in [5.74, 6) is -0.384. The molecule has 1 atom stereocenters. The van der Waals surface area contributed by atoms with E-state index in [0.717, 1.165) is 16.8 Å². The predicted molar refractivity (Wildman–Crippen MR) is 92.3 cm³/mol. The molecule has 4 rings (SSSR count). The molecule has 126 valence electrons. The fraction of sp³-hybridized carbons (Fsp3) is 0.158. The third kappa shape index (κ3) is 3.16. The van der Waals surface area contributed by atoms with Crippen molar-refractivity contribution in [2.24, 2.45) is 0 Å². The molecule has 25 heavy (non-hydrogen) atoms. The van der Waals surface area contributed by atoms with Crippen LogP contribution in [-0.2, 0) is 6.54 Å². The molecule has 0 saturated heterocycles. The second-order valence-corrected chi connectivity index (χ2v) is 5.96. The van der Waals surface area contributed by atoms with Gasteiger partial charge in [0.15, 0.2) is 0 Å². The first-order valence-corrected chi connectivity index (χ1v) is 8.12. The van der Waals surface area contributed by atoms with Gasteiger partial charge in [-0.05, 0) is 23.8 Å². The Bertz CT molecular complexity index is 890. The number of carbonyl (C=O) groups excluding carboxylic acids is 1. The quantitative estimate of drug-likeness (QED) is 0.770. The molecule has 1 aliphatic heterocycles. The monoisotopic (exact) mass is 336 g/mol. The zero-order valence-corrected chi connectivity index (χ0v) is 13.4. The van der Waals surface area contributed by atoms with E-state index in [4.69, 9.17) is 0 Å². The molecule has 2 aromatic carbocycles. The van der Waals surface area contributed by atoms with Crippen molar-refractivity contribution in [3.8, 4) is 11.3 Å². The van der Waals surface area contributed by atoms with Gasteiger partial charge in [0.2, 0.25) is 0 Å². The van der Waals surface area contributed by atoms with Gasteiger partial charge in [-0.2, -0.15) is 5.10 Å². The summed E-state index contributed by atoms with van der Waals surface area (Å²) in [5, 5.41) is 10.9. The van der Waals surface area contributed by atoms with Gasteiger partial charge in [-0.25, -0.2) is 9.07 Å². The van der Waals surface area contributed by atoms with Gasteiger partial charge >= 0.3 is 0 Å². The maximum Gasteiger partial charge on any atom is 0.269 e. The summed E-state index contributed by atoms with van der Waals surface area (Å²) in [6, 6.07) is 17.9. The first-order valence-electron chi connectivity index (χ1n) is 8.12. The van der Waals surface area contributed by atoms with Crippen molar-refractivity contribution < 1.29 is 9.18 Å². The minimum Gasteiger partial charge on any atom is -0.347 e. The zero-order chi connectivity index (χ0) is 17.2. The van der Waals surface area contributed by atoms with E-state index in [0.29, 0.717) is 18.8 Å². The molecule has 1 aliphatic rings. The summed E-state index contributed by atoms with van der Waals surface area (Å²) in [5.41, 5.74) is 3.23. The lowest BCUT2D eigenvalue weighted by atomic mass is 10.1. The maximum atomic E-state index is 13.0. The number of aromatic nitrogens is 2. The van der Waals surface area contributed by atoms with Gasteiger partial charge in [0.1, 0.15) is 17.7 Å². The van der Waals surface area contributed by atoms with E-state index in [2.05, 4.69) is 15.7 Å². The number of rotatable bonds is 4. The second kappa shape index (κ2) is 6.49. The molecule has 0 radical (unpaired) electrons. The molecule has 6 heteroatoms. The van der Waals surface area contributed by atoms with E-state index in [1.807, 2.05) is 30.3 Å². The van der Waals surface area contributed by atoms with Crippen LogP contribution in [0.5, 0.6) is 0 Å². The SMILES string of the molecule is O=C1NC[C@@H](NCc2ccc(F)cc2)n2nc(-c3ccccc3)cc21. The first kappa shape index (κ1) is 15.5. The Morgan fingerprint density at radius 1 is 1.16 bits per heavy atom. The number of benzene rings is 2. The van der Waals surface area contributed by atoms with Crippen molar-refractivity contribution in [3.05, 3.63) is 77.7 Å². The molecule has 3 aromatic rings.